The number of nitrogens with zero attached hydrogens (tertiary/aromatic N) is 1. The Morgan fingerprint density at radius 1 is 1.00 bits per heavy atom. The summed E-state index contributed by atoms with van der Waals surface area (Å²) in [5, 5.41) is 11.9. The quantitative estimate of drug-likeness (QED) is 0.576. The van der Waals surface area contributed by atoms with Crippen LogP contribution in [0.5, 0.6) is 0 Å². The number of aliphatic hydroxyl groups is 1. The molecule has 2 aromatic carbocycles. The van der Waals surface area contributed by atoms with Gasteiger partial charge in [-0.05, 0) is 92.6 Å². The minimum Gasteiger partial charge on any atom is -0.444 e. The predicted molar refractivity (Wildman–Crippen MR) is 128 cm³/mol. The molecule has 6 heteroatoms. The monoisotopic (exact) mass is 454 g/mol. The molecule has 0 atom stereocenters. The molecule has 0 spiro atoms. The summed E-state index contributed by atoms with van der Waals surface area (Å²) in [5.41, 5.74) is 2.05. The first kappa shape index (κ1) is 23.7. The van der Waals surface area contributed by atoms with Crippen LogP contribution in [0.4, 0.5) is 14.9 Å². The number of likely N-dealkylation sites (tertiary alicyclic amines) is 1. The lowest BCUT2D eigenvalue weighted by Crippen LogP contribution is -2.37. The summed E-state index contributed by atoms with van der Waals surface area (Å²) in [6.07, 6.45) is 6.02. The molecule has 2 fully saturated rings. The number of piperidine rings is 1. The van der Waals surface area contributed by atoms with Crippen molar-refractivity contribution in [1.82, 2.24) is 4.90 Å². The summed E-state index contributed by atoms with van der Waals surface area (Å²) in [7, 11) is 0. The second-order valence-corrected chi connectivity index (χ2v) is 9.57. The average molecular weight is 455 g/mol. The molecule has 1 amide bonds. The van der Waals surface area contributed by atoms with Gasteiger partial charge < -0.3 is 14.7 Å². The van der Waals surface area contributed by atoms with E-state index < -0.39 is 6.09 Å². The van der Waals surface area contributed by atoms with E-state index >= 15 is 0 Å². The Balaban J connectivity index is 1.22. The largest absolute Gasteiger partial charge is 0.444 e. The molecule has 5 nitrogen and oxygen atoms in total. The third kappa shape index (κ3) is 6.78. The number of aliphatic hydroxyl groups excluding tert-OH is 1. The Bertz CT molecular complexity index is 891. The van der Waals surface area contributed by atoms with Crippen molar-refractivity contribution in [2.24, 2.45) is 11.8 Å². The fourth-order valence-electron chi connectivity index (χ4n) is 5.20. The van der Waals surface area contributed by atoms with E-state index in [2.05, 4.69) is 10.2 Å². The van der Waals surface area contributed by atoms with Gasteiger partial charge in [-0.2, -0.15) is 0 Å². The summed E-state index contributed by atoms with van der Waals surface area (Å²) < 4.78 is 20.1. The fraction of sp³-hybridized carbons (Fsp3) is 0.519. The molecule has 1 saturated heterocycles. The van der Waals surface area contributed by atoms with E-state index in [1.165, 1.54) is 18.9 Å². The van der Waals surface area contributed by atoms with Gasteiger partial charge in [0.25, 0.3) is 0 Å². The lowest BCUT2D eigenvalue weighted by molar-refractivity contribution is 0.127. The maximum absolute atomic E-state index is 14.8. The zero-order valence-electron chi connectivity index (χ0n) is 19.2. The molecule has 4 rings (SSSR count). The van der Waals surface area contributed by atoms with E-state index in [1.807, 2.05) is 30.3 Å². The summed E-state index contributed by atoms with van der Waals surface area (Å²) in [6.45, 7) is 3.62. The van der Waals surface area contributed by atoms with Crippen LogP contribution in [0.15, 0.2) is 48.5 Å². The number of ether oxygens (including phenoxy) is 1. The Morgan fingerprint density at radius 2 is 1.70 bits per heavy atom. The van der Waals surface area contributed by atoms with Gasteiger partial charge >= 0.3 is 6.09 Å². The number of carbonyl (C=O) groups is 1. The molecule has 0 radical (unpaired) electrons. The Labute approximate surface area is 195 Å². The number of carbonyl (C=O) groups excluding carboxylic acids is 1. The van der Waals surface area contributed by atoms with Gasteiger partial charge in [0, 0.05) is 18.8 Å². The lowest BCUT2D eigenvalue weighted by atomic mass is 9.81. The van der Waals surface area contributed by atoms with Crippen molar-refractivity contribution >= 4 is 11.8 Å². The predicted octanol–water partition coefficient (Wildman–Crippen LogP) is 5.55. The summed E-state index contributed by atoms with van der Waals surface area (Å²) >= 11 is 0. The zero-order chi connectivity index (χ0) is 23.0. The van der Waals surface area contributed by atoms with Crippen LogP contribution in [-0.4, -0.2) is 42.3 Å². The van der Waals surface area contributed by atoms with Crippen molar-refractivity contribution in [2.75, 3.05) is 31.6 Å². The second kappa shape index (κ2) is 11.6. The number of nitrogens with one attached hydrogen (secondary N) is 1. The van der Waals surface area contributed by atoms with Crippen LogP contribution in [0.3, 0.4) is 0 Å². The molecule has 0 bridgehead atoms. The minimum absolute atomic E-state index is 0.175. The normalized spacial score (nSPS) is 22.1. The highest BCUT2D eigenvalue weighted by molar-refractivity contribution is 5.84. The van der Waals surface area contributed by atoms with Crippen molar-refractivity contribution in [3.8, 4) is 0 Å². The van der Waals surface area contributed by atoms with E-state index in [9.17, 15) is 14.3 Å². The molecule has 2 aromatic rings. The van der Waals surface area contributed by atoms with E-state index in [-0.39, 0.29) is 18.3 Å². The molecular formula is C27H35FN2O3. The van der Waals surface area contributed by atoms with Gasteiger partial charge in [-0.15, -0.1) is 0 Å². The summed E-state index contributed by atoms with van der Waals surface area (Å²) in [6, 6.07) is 14.4. The van der Waals surface area contributed by atoms with Crippen LogP contribution in [0.1, 0.15) is 55.6 Å². The van der Waals surface area contributed by atoms with Gasteiger partial charge in [0.1, 0.15) is 12.4 Å². The zero-order valence-corrected chi connectivity index (χ0v) is 19.2. The van der Waals surface area contributed by atoms with Crippen molar-refractivity contribution < 1.29 is 19.0 Å². The Morgan fingerprint density at radius 3 is 2.36 bits per heavy atom. The first-order valence-electron chi connectivity index (χ1n) is 12.2. The standard InChI is InChI=1S/C27H35FN2O3/c28-26-16-24(29-27(32)33-19-22-4-2-1-3-5-22)10-11-25(26)23-12-14-30(15-13-23)17-20-6-8-21(18-31)9-7-20/h1-5,10-11,16,20-21,23,31H,6-9,12-15,17-19H2,(H,29,32)/t20-,21-. The number of hydrogen-bond acceptors (Lipinski definition) is 4. The molecule has 0 unspecified atom stereocenters. The highest BCUT2D eigenvalue weighted by Gasteiger charge is 2.27. The summed E-state index contributed by atoms with van der Waals surface area (Å²) in [5.74, 6) is 1.17. The molecule has 178 valence electrons. The van der Waals surface area contributed by atoms with E-state index in [0.717, 1.165) is 62.4 Å². The van der Waals surface area contributed by atoms with Gasteiger partial charge in [0.05, 0.1) is 0 Å². The molecule has 0 aromatic heterocycles. The number of anilines is 1. The molecule has 1 heterocycles. The molecule has 1 saturated carbocycles. The summed E-state index contributed by atoms with van der Waals surface area (Å²) in [4.78, 5) is 14.6. The lowest BCUT2D eigenvalue weighted by Gasteiger charge is -2.36. The molecule has 1 aliphatic carbocycles. The number of amides is 1. The third-order valence-electron chi connectivity index (χ3n) is 7.23. The van der Waals surface area contributed by atoms with Crippen LogP contribution in [0.25, 0.3) is 0 Å². The third-order valence-corrected chi connectivity index (χ3v) is 7.23. The van der Waals surface area contributed by atoms with Crippen molar-refractivity contribution in [1.29, 1.82) is 0 Å². The van der Waals surface area contributed by atoms with E-state index in [1.54, 1.807) is 12.1 Å². The van der Waals surface area contributed by atoms with Crippen LogP contribution in [0.2, 0.25) is 0 Å². The molecule has 33 heavy (non-hydrogen) atoms. The average Bonchev–Trinajstić information content (AvgIpc) is 2.85. The SMILES string of the molecule is O=C(Nc1ccc(C2CCN(C[C@H]3CC[C@H](CO)CC3)CC2)c(F)c1)OCc1ccccc1. The van der Waals surface area contributed by atoms with Gasteiger partial charge in [-0.25, -0.2) is 9.18 Å². The smallest absolute Gasteiger partial charge is 0.411 e. The van der Waals surface area contributed by atoms with Gasteiger partial charge in [-0.1, -0.05) is 36.4 Å². The molecular weight excluding hydrogens is 419 g/mol. The first-order chi connectivity index (χ1) is 16.1. The van der Waals surface area contributed by atoms with Crippen molar-refractivity contribution in [3.05, 3.63) is 65.5 Å². The fourth-order valence-corrected chi connectivity index (χ4v) is 5.20. The Kier molecular flexibility index (Phi) is 8.35. The van der Waals surface area contributed by atoms with Crippen LogP contribution >= 0.6 is 0 Å². The van der Waals surface area contributed by atoms with Crippen LogP contribution in [0, 0.1) is 17.7 Å². The van der Waals surface area contributed by atoms with Crippen molar-refractivity contribution in [3.63, 3.8) is 0 Å². The highest BCUT2D eigenvalue weighted by atomic mass is 19.1. The Hall–Kier alpha value is -2.44. The number of halogens is 1. The van der Waals surface area contributed by atoms with E-state index in [4.69, 9.17) is 4.74 Å². The van der Waals surface area contributed by atoms with Gasteiger partial charge in [-0.3, -0.25) is 5.32 Å². The second-order valence-electron chi connectivity index (χ2n) is 9.57. The molecule has 2 N–H and O–H groups in total. The first-order valence-corrected chi connectivity index (χ1v) is 12.2. The minimum atomic E-state index is -0.590. The van der Waals surface area contributed by atoms with Gasteiger partial charge in [0.2, 0.25) is 0 Å². The molecule has 2 aliphatic rings. The van der Waals surface area contributed by atoms with Gasteiger partial charge in [0.15, 0.2) is 0 Å². The highest BCUT2D eigenvalue weighted by Crippen LogP contribution is 2.33. The number of rotatable bonds is 7. The van der Waals surface area contributed by atoms with Crippen LogP contribution in [-0.2, 0) is 11.3 Å². The molecule has 1 aliphatic heterocycles. The van der Waals surface area contributed by atoms with E-state index in [0.29, 0.717) is 18.2 Å². The van der Waals surface area contributed by atoms with Crippen LogP contribution < -0.4 is 5.32 Å². The maximum atomic E-state index is 14.8. The number of benzene rings is 2. The van der Waals surface area contributed by atoms with Crippen molar-refractivity contribution in [2.45, 2.75) is 51.0 Å². The topological polar surface area (TPSA) is 61.8 Å². The maximum Gasteiger partial charge on any atom is 0.411 e. The number of hydrogen-bond donors (Lipinski definition) is 2.